The number of thiocarbonyl (C=S) groups is 2. The highest BCUT2D eigenvalue weighted by Crippen LogP contribution is 1.99. The lowest BCUT2D eigenvalue weighted by atomic mass is 10.3. The van der Waals surface area contributed by atoms with Crippen molar-refractivity contribution in [2.24, 2.45) is 0 Å². The molecule has 0 aromatic heterocycles. The molecule has 0 bridgehead atoms. The highest BCUT2D eigenvalue weighted by Gasteiger charge is 2.03. The van der Waals surface area contributed by atoms with Gasteiger partial charge in [-0.1, -0.05) is 64.9 Å². The molecule has 0 heterocycles. The minimum atomic E-state index is 0. The van der Waals surface area contributed by atoms with E-state index in [1.54, 1.807) is 11.8 Å². The van der Waals surface area contributed by atoms with Crippen molar-refractivity contribution < 1.29 is 0 Å². The van der Waals surface area contributed by atoms with Gasteiger partial charge in [0.2, 0.25) is 0 Å². The Hall–Kier alpha value is 0.130. The van der Waals surface area contributed by atoms with Crippen LogP contribution in [-0.2, 0) is 0 Å². The molecule has 0 aliphatic rings. The van der Waals surface area contributed by atoms with Crippen molar-refractivity contribution in [3.05, 3.63) is 0 Å². The van der Waals surface area contributed by atoms with Gasteiger partial charge in [0.05, 0.1) is 4.99 Å². The van der Waals surface area contributed by atoms with Gasteiger partial charge >= 0.3 is 0 Å². The fraction of sp³-hybridized carbons (Fsp3) is 0.818. The van der Waals surface area contributed by atoms with E-state index < -0.39 is 0 Å². The predicted molar refractivity (Wildman–Crippen MR) is 87.7 cm³/mol. The maximum atomic E-state index is 5.10. The summed E-state index contributed by atoms with van der Waals surface area (Å²) in [4.78, 5) is 0.911. The molecule has 0 aliphatic heterocycles. The van der Waals surface area contributed by atoms with Gasteiger partial charge < -0.3 is 10.6 Å². The summed E-state index contributed by atoms with van der Waals surface area (Å²) in [6, 6.07) is 0.331. The predicted octanol–water partition coefficient (Wildman–Crippen LogP) is 3.60. The lowest BCUT2D eigenvalue weighted by molar-refractivity contribution is 0.644. The molecule has 16 heavy (non-hydrogen) atoms. The first kappa shape index (κ1) is 21.4. The summed E-state index contributed by atoms with van der Waals surface area (Å²) in [5, 5.41) is 6.41. The summed E-state index contributed by atoms with van der Waals surface area (Å²) in [5.74, 6) is 1.01. The molecule has 0 fully saturated rings. The third-order valence-electron chi connectivity index (χ3n) is 1.56. The molecule has 0 saturated heterocycles. The smallest absolute Gasteiger partial charge is 0.133 e. The lowest BCUT2D eigenvalue weighted by Crippen LogP contribution is -2.39. The van der Waals surface area contributed by atoms with Crippen molar-refractivity contribution in [3.8, 4) is 0 Å². The van der Waals surface area contributed by atoms with Crippen LogP contribution in [0.4, 0.5) is 0 Å². The molecule has 0 saturated carbocycles. The fourth-order valence-electron chi connectivity index (χ4n) is 0.846. The van der Waals surface area contributed by atoms with Gasteiger partial charge in [-0.3, -0.25) is 0 Å². The third-order valence-corrected chi connectivity index (χ3v) is 3.16. The van der Waals surface area contributed by atoms with E-state index in [4.69, 9.17) is 24.4 Å². The molecule has 0 radical (unpaired) electrons. The van der Waals surface area contributed by atoms with Gasteiger partial charge in [-0.2, -0.15) is 0 Å². The molecule has 1 atom stereocenters. The van der Waals surface area contributed by atoms with Gasteiger partial charge in [-0.15, -0.1) is 0 Å². The number of thioether (sulfide) groups is 1. The molecule has 0 spiro atoms. The quantitative estimate of drug-likeness (QED) is 0.751. The fourth-order valence-corrected chi connectivity index (χ4v) is 1.93. The average Bonchev–Trinajstić information content (AvgIpc) is 2.15. The van der Waals surface area contributed by atoms with E-state index in [1.165, 1.54) is 0 Å². The normalized spacial score (nSPS) is 10.4. The first-order valence-corrected chi connectivity index (χ1v) is 6.60. The standard InChI is InChI=1S/C9H18N2S3.2CH4/c1-4-8(12)11-7(3)6-10-9(13)14-5-2;;/h7H,4-6H2,1-3H3,(H,10,13)(H,11,12);2*1H4. The Balaban J connectivity index is -0.000000845. The number of nitrogens with one attached hydrogen (secondary N) is 2. The van der Waals surface area contributed by atoms with E-state index in [2.05, 4.69) is 24.5 Å². The summed E-state index contributed by atoms with van der Waals surface area (Å²) >= 11 is 11.8. The second-order valence-corrected chi connectivity index (χ2v) is 5.36. The minimum absolute atomic E-state index is 0. The number of hydrogen-bond acceptors (Lipinski definition) is 3. The zero-order valence-electron chi connectivity index (χ0n) is 8.92. The van der Waals surface area contributed by atoms with Crippen LogP contribution < -0.4 is 10.6 Å². The molecule has 0 aliphatic carbocycles. The van der Waals surface area contributed by atoms with E-state index in [-0.39, 0.29) is 14.9 Å². The summed E-state index contributed by atoms with van der Waals surface area (Å²) < 4.78 is 0.864. The second kappa shape index (κ2) is 13.2. The summed E-state index contributed by atoms with van der Waals surface area (Å²) in [5.41, 5.74) is 0. The van der Waals surface area contributed by atoms with Crippen LogP contribution in [0.15, 0.2) is 0 Å². The van der Waals surface area contributed by atoms with Crippen LogP contribution in [0.2, 0.25) is 0 Å². The van der Waals surface area contributed by atoms with Gasteiger partial charge in [-0.25, -0.2) is 0 Å². The van der Waals surface area contributed by atoms with Crippen molar-refractivity contribution >= 4 is 45.5 Å². The Morgan fingerprint density at radius 1 is 1.25 bits per heavy atom. The first-order valence-electron chi connectivity index (χ1n) is 4.80. The van der Waals surface area contributed by atoms with E-state index in [0.717, 1.165) is 28.0 Å². The van der Waals surface area contributed by atoms with Crippen molar-refractivity contribution in [3.63, 3.8) is 0 Å². The Morgan fingerprint density at radius 3 is 2.25 bits per heavy atom. The topological polar surface area (TPSA) is 24.1 Å². The molecule has 0 amide bonds. The van der Waals surface area contributed by atoms with E-state index in [0.29, 0.717) is 6.04 Å². The Morgan fingerprint density at radius 2 is 1.81 bits per heavy atom. The molecule has 0 rings (SSSR count). The Kier molecular flexibility index (Phi) is 17.7. The van der Waals surface area contributed by atoms with Crippen LogP contribution in [0.3, 0.4) is 0 Å². The van der Waals surface area contributed by atoms with Crippen LogP contribution in [-0.4, -0.2) is 27.6 Å². The summed E-state index contributed by atoms with van der Waals surface area (Å²) in [6.45, 7) is 7.06. The van der Waals surface area contributed by atoms with Crippen molar-refractivity contribution in [1.29, 1.82) is 0 Å². The first-order chi connectivity index (χ1) is 6.60. The highest BCUT2D eigenvalue weighted by atomic mass is 32.2. The number of hydrogen-bond donors (Lipinski definition) is 2. The molecule has 1 unspecified atom stereocenters. The zero-order chi connectivity index (χ0) is 11.0. The molecule has 0 aromatic carbocycles. The largest absolute Gasteiger partial charge is 0.375 e. The van der Waals surface area contributed by atoms with E-state index in [1.807, 2.05) is 6.92 Å². The molecular formula is C11H26N2S3. The molecule has 5 heteroatoms. The molecular weight excluding hydrogens is 256 g/mol. The minimum Gasteiger partial charge on any atom is -0.375 e. The van der Waals surface area contributed by atoms with Crippen molar-refractivity contribution in [2.75, 3.05) is 12.3 Å². The van der Waals surface area contributed by atoms with Crippen LogP contribution in [0.1, 0.15) is 42.0 Å². The summed E-state index contributed by atoms with van der Waals surface area (Å²) in [6.07, 6.45) is 0.897. The third kappa shape index (κ3) is 12.2. The van der Waals surface area contributed by atoms with E-state index in [9.17, 15) is 0 Å². The van der Waals surface area contributed by atoms with Crippen LogP contribution >= 0.6 is 36.2 Å². The van der Waals surface area contributed by atoms with Gasteiger partial charge in [-0.05, 0) is 19.1 Å². The molecule has 2 N–H and O–H groups in total. The van der Waals surface area contributed by atoms with Crippen molar-refractivity contribution in [1.82, 2.24) is 10.6 Å². The maximum Gasteiger partial charge on any atom is 0.133 e. The maximum absolute atomic E-state index is 5.10. The lowest BCUT2D eigenvalue weighted by Gasteiger charge is -2.16. The molecule has 0 aromatic rings. The van der Waals surface area contributed by atoms with Gasteiger partial charge in [0.25, 0.3) is 0 Å². The van der Waals surface area contributed by atoms with Gasteiger partial charge in [0.15, 0.2) is 0 Å². The Bertz CT molecular complexity index is 196. The van der Waals surface area contributed by atoms with Gasteiger partial charge in [0, 0.05) is 12.6 Å². The SMILES string of the molecule is C.C.CCSC(=S)NCC(C)NC(=S)CC. The summed E-state index contributed by atoms with van der Waals surface area (Å²) in [7, 11) is 0. The van der Waals surface area contributed by atoms with Gasteiger partial charge in [0.1, 0.15) is 4.32 Å². The Labute approximate surface area is 116 Å². The van der Waals surface area contributed by atoms with Crippen LogP contribution in [0.5, 0.6) is 0 Å². The van der Waals surface area contributed by atoms with Crippen LogP contribution in [0.25, 0.3) is 0 Å². The molecule has 98 valence electrons. The van der Waals surface area contributed by atoms with Crippen LogP contribution in [0, 0.1) is 0 Å². The molecule has 2 nitrogen and oxygen atoms in total. The van der Waals surface area contributed by atoms with Crippen molar-refractivity contribution in [2.45, 2.75) is 48.1 Å². The monoisotopic (exact) mass is 282 g/mol. The van der Waals surface area contributed by atoms with E-state index >= 15 is 0 Å². The zero-order valence-corrected chi connectivity index (χ0v) is 11.4. The highest BCUT2D eigenvalue weighted by molar-refractivity contribution is 8.22. The second-order valence-electron chi connectivity index (χ2n) is 2.92. The average molecular weight is 283 g/mol. The number of rotatable bonds is 5.